The van der Waals surface area contributed by atoms with Gasteiger partial charge in [0.15, 0.2) is 5.82 Å². The van der Waals surface area contributed by atoms with Gasteiger partial charge < -0.3 is 4.98 Å². The Balaban J connectivity index is 2.00. The predicted molar refractivity (Wildman–Crippen MR) is 85.6 cm³/mol. The standard InChI is InChI=1S/C14H9BrF3N7/c1-6-2-9-21-10(12-22-13(24-23-12)14(16,17)18)11(8-3-19-5-20-8)25(9)4-7(6)15/h2-5H,1H3,(H,19,20)(H,22,23,24). The third-order valence-electron chi connectivity index (χ3n) is 3.62. The Morgan fingerprint density at radius 1 is 1.24 bits per heavy atom. The molecule has 0 fully saturated rings. The first kappa shape index (κ1) is 15.8. The highest BCUT2D eigenvalue weighted by Gasteiger charge is 2.36. The van der Waals surface area contributed by atoms with Crippen LogP contribution in [0.3, 0.4) is 0 Å². The topological polar surface area (TPSA) is 87.5 Å². The summed E-state index contributed by atoms with van der Waals surface area (Å²) >= 11 is 3.45. The van der Waals surface area contributed by atoms with Gasteiger partial charge in [-0.2, -0.15) is 13.2 Å². The van der Waals surface area contributed by atoms with Crippen molar-refractivity contribution in [1.82, 2.24) is 34.5 Å². The van der Waals surface area contributed by atoms with Crippen LogP contribution in [0, 0.1) is 6.92 Å². The van der Waals surface area contributed by atoms with Crippen LogP contribution >= 0.6 is 15.9 Å². The number of halogens is 4. The summed E-state index contributed by atoms with van der Waals surface area (Å²) in [6.45, 7) is 1.89. The molecule has 0 saturated heterocycles. The molecule has 0 amide bonds. The molecule has 0 aliphatic carbocycles. The van der Waals surface area contributed by atoms with Crippen molar-refractivity contribution < 1.29 is 13.2 Å². The molecule has 0 aliphatic heterocycles. The maximum atomic E-state index is 12.8. The second-order valence-corrected chi connectivity index (χ2v) is 6.17. The van der Waals surface area contributed by atoms with E-state index in [0.29, 0.717) is 17.0 Å². The molecular weight excluding hydrogens is 403 g/mol. The lowest BCUT2D eigenvalue weighted by Gasteiger charge is -2.03. The average Bonchev–Trinajstić information content (AvgIpc) is 3.25. The highest BCUT2D eigenvalue weighted by Crippen LogP contribution is 2.33. The van der Waals surface area contributed by atoms with E-state index in [9.17, 15) is 13.2 Å². The number of fused-ring (bicyclic) bond motifs is 1. The van der Waals surface area contributed by atoms with Crippen molar-refractivity contribution >= 4 is 21.6 Å². The highest BCUT2D eigenvalue weighted by molar-refractivity contribution is 9.10. The first-order valence-corrected chi connectivity index (χ1v) is 7.81. The molecule has 11 heteroatoms. The molecule has 0 radical (unpaired) electrons. The minimum atomic E-state index is -4.64. The van der Waals surface area contributed by atoms with Gasteiger partial charge in [-0.3, -0.25) is 9.50 Å². The molecule has 0 saturated carbocycles. The Hall–Kier alpha value is -2.69. The summed E-state index contributed by atoms with van der Waals surface area (Å²) in [6, 6.07) is 1.81. The van der Waals surface area contributed by atoms with Crippen LogP contribution in [0.5, 0.6) is 0 Å². The second-order valence-electron chi connectivity index (χ2n) is 5.31. The number of hydrogen-bond acceptors (Lipinski definition) is 4. The zero-order valence-corrected chi connectivity index (χ0v) is 14.1. The fourth-order valence-corrected chi connectivity index (χ4v) is 2.78. The number of aryl methyl sites for hydroxylation is 1. The van der Waals surface area contributed by atoms with Crippen molar-refractivity contribution in [1.29, 1.82) is 0 Å². The molecule has 4 aromatic rings. The highest BCUT2D eigenvalue weighted by atomic mass is 79.9. The van der Waals surface area contributed by atoms with Crippen LogP contribution in [0.15, 0.2) is 29.3 Å². The number of nitrogens with zero attached hydrogens (tertiary/aromatic N) is 5. The van der Waals surface area contributed by atoms with Gasteiger partial charge in [0.2, 0.25) is 0 Å². The number of imidazole rings is 2. The molecule has 0 atom stereocenters. The molecule has 0 aromatic carbocycles. The van der Waals surface area contributed by atoms with E-state index in [1.165, 1.54) is 6.33 Å². The van der Waals surface area contributed by atoms with Gasteiger partial charge in [-0.25, -0.2) is 15.0 Å². The number of nitrogens with one attached hydrogen (secondary N) is 2. The number of aromatic nitrogens is 7. The molecule has 4 aromatic heterocycles. The van der Waals surface area contributed by atoms with Crippen LogP contribution in [0.1, 0.15) is 11.4 Å². The van der Waals surface area contributed by atoms with Gasteiger partial charge in [-0.05, 0) is 34.5 Å². The Morgan fingerprint density at radius 2 is 2.04 bits per heavy atom. The van der Waals surface area contributed by atoms with E-state index in [1.807, 2.05) is 13.0 Å². The SMILES string of the molecule is Cc1cc2nc(-c3nc(C(F)(F)F)n[nH]3)c(-c3cnc[nH]3)n2cc1Br. The van der Waals surface area contributed by atoms with E-state index < -0.39 is 12.0 Å². The number of rotatable bonds is 2. The smallest absolute Gasteiger partial charge is 0.343 e. The summed E-state index contributed by atoms with van der Waals surface area (Å²) < 4.78 is 41.0. The maximum absolute atomic E-state index is 12.8. The fourth-order valence-electron chi connectivity index (χ4n) is 2.46. The zero-order valence-electron chi connectivity index (χ0n) is 12.6. The maximum Gasteiger partial charge on any atom is 0.453 e. The molecule has 4 rings (SSSR count). The van der Waals surface area contributed by atoms with Gasteiger partial charge in [0.1, 0.15) is 17.0 Å². The molecule has 4 heterocycles. The van der Waals surface area contributed by atoms with E-state index >= 15 is 0 Å². The predicted octanol–water partition coefficient (Wildman–Crippen LogP) is 3.60. The average molecular weight is 412 g/mol. The summed E-state index contributed by atoms with van der Waals surface area (Å²) in [5.41, 5.74) is 2.85. The first-order valence-electron chi connectivity index (χ1n) is 7.01. The largest absolute Gasteiger partial charge is 0.453 e. The van der Waals surface area contributed by atoms with Crippen molar-refractivity contribution in [3.05, 3.63) is 40.6 Å². The molecule has 25 heavy (non-hydrogen) atoms. The lowest BCUT2D eigenvalue weighted by Crippen LogP contribution is -2.07. The van der Waals surface area contributed by atoms with Crippen molar-refractivity contribution in [2.24, 2.45) is 0 Å². The first-order chi connectivity index (χ1) is 11.8. The van der Waals surface area contributed by atoms with Gasteiger partial charge in [-0.1, -0.05) is 0 Å². The Labute approximate surface area is 146 Å². The van der Waals surface area contributed by atoms with E-state index in [1.54, 1.807) is 16.8 Å². The van der Waals surface area contributed by atoms with Crippen molar-refractivity contribution in [3.8, 4) is 22.9 Å². The van der Waals surface area contributed by atoms with Gasteiger partial charge in [0.05, 0.1) is 18.2 Å². The van der Waals surface area contributed by atoms with Crippen LogP contribution in [-0.2, 0) is 6.18 Å². The summed E-state index contributed by atoms with van der Waals surface area (Å²) in [4.78, 5) is 14.9. The van der Waals surface area contributed by atoms with E-state index in [4.69, 9.17) is 0 Å². The lowest BCUT2D eigenvalue weighted by atomic mass is 10.2. The Kier molecular flexibility index (Phi) is 3.42. The molecular formula is C14H9BrF3N7. The number of alkyl halides is 3. The summed E-state index contributed by atoms with van der Waals surface area (Å²) in [5.74, 6) is -1.32. The summed E-state index contributed by atoms with van der Waals surface area (Å²) in [7, 11) is 0. The second kappa shape index (κ2) is 5.41. The van der Waals surface area contributed by atoms with Crippen LogP contribution in [0.4, 0.5) is 13.2 Å². The number of pyridine rings is 1. The lowest BCUT2D eigenvalue weighted by molar-refractivity contribution is -0.144. The molecule has 7 nitrogen and oxygen atoms in total. The van der Waals surface area contributed by atoms with Crippen molar-refractivity contribution in [2.75, 3.05) is 0 Å². The van der Waals surface area contributed by atoms with Crippen LogP contribution in [0.2, 0.25) is 0 Å². The van der Waals surface area contributed by atoms with Crippen LogP contribution < -0.4 is 0 Å². The van der Waals surface area contributed by atoms with E-state index in [-0.39, 0.29) is 11.5 Å². The summed E-state index contributed by atoms with van der Waals surface area (Å²) in [6.07, 6.45) is 0.186. The number of H-pyrrole nitrogens is 2. The van der Waals surface area contributed by atoms with Gasteiger partial charge >= 0.3 is 6.18 Å². The minimum Gasteiger partial charge on any atom is -0.343 e. The summed E-state index contributed by atoms with van der Waals surface area (Å²) in [5, 5.41) is 5.56. The Bertz CT molecular complexity index is 1060. The Morgan fingerprint density at radius 3 is 2.68 bits per heavy atom. The van der Waals surface area contributed by atoms with E-state index in [2.05, 4.69) is 46.1 Å². The minimum absolute atomic E-state index is 0.0746. The van der Waals surface area contributed by atoms with Gasteiger partial charge in [0, 0.05) is 10.7 Å². The van der Waals surface area contributed by atoms with Crippen LogP contribution in [-0.4, -0.2) is 34.5 Å². The van der Waals surface area contributed by atoms with Gasteiger partial charge in [-0.15, -0.1) is 5.10 Å². The molecule has 128 valence electrons. The number of aromatic amines is 2. The third-order valence-corrected chi connectivity index (χ3v) is 4.45. The molecule has 0 bridgehead atoms. The van der Waals surface area contributed by atoms with Gasteiger partial charge in [0.25, 0.3) is 5.82 Å². The van der Waals surface area contributed by atoms with E-state index in [0.717, 1.165) is 10.0 Å². The molecule has 0 aliphatic rings. The van der Waals surface area contributed by atoms with Crippen LogP contribution in [0.25, 0.3) is 28.6 Å². The quantitative estimate of drug-likeness (QED) is 0.527. The third kappa shape index (κ3) is 2.60. The monoisotopic (exact) mass is 411 g/mol. The zero-order chi connectivity index (χ0) is 17.8. The number of hydrogen-bond donors (Lipinski definition) is 2. The normalized spacial score (nSPS) is 12.2. The molecule has 0 spiro atoms. The molecule has 2 N–H and O–H groups in total. The fraction of sp³-hybridized carbons (Fsp3) is 0.143. The molecule has 0 unspecified atom stereocenters. The van der Waals surface area contributed by atoms with Crippen molar-refractivity contribution in [2.45, 2.75) is 13.1 Å². The van der Waals surface area contributed by atoms with Crippen molar-refractivity contribution in [3.63, 3.8) is 0 Å².